The number of carbonyl (C=O) groups is 1. The molecule has 3 nitrogen and oxygen atoms in total. The van der Waals surface area contributed by atoms with Crippen LogP contribution in [0.5, 0.6) is 0 Å². The first-order chi connectivity index (χ1) is 10.2. The highest BCUT2D eigenvalue weighted by Gasteiger charge is 2.38. The summed E-state index contributed by atoms with van der Waals surface area (Å²) in [6, 6.07) is 9.51. The van der Waals surface area contributed by atoms with Gasteiger partial charge in [-0.3, -0.25) is 0 Å². The van der Waals surface area contributed by atoms with Gasteiger partial charge in [0.2, 0.25) is 0 Å². The van der Waals surface area contributed by atoms with Crippen LogP contribution in [-0.4, -0.2) is 29.6 Å². The number of hydrogen-bond acceptors (Lipinski definition) is 3. The monoisotopic (exact) mass is 307 g/mol. The van der Waals surface area contributed by atoms with Gasteiger partial charge in [0.05, 0.1) is 0 Å². The quantitative estimate of drug-likeness (QED) is 0.722. The molecule has 1 saturated carbocycles. The van der Waals surface area contributed by atoms with Crippen molar-refractivity contribution < 1.29 is 9.90 Å². The molecule has 1 atom stereocenters. The fourth-order valence-electron chi connectivity index (χ4n) is 3.13. The number of carboxylic acids is 1. The van der Waals surface area contributed by atoms with Gasteiger partial charge in [-0.2, -0.15) is 11.8 Å². The minimum atomic E-state index is -0.968. The molecule has 0 bridgehead atoms. The van der Waals surface area contributed by atoms with Crippen LogP contribution in [0.25, 0.3) is 0 Å². The molecule has 0 saturated heterocycles. The van der Waals surface area contributed by atoms with Crippen LogP contribution in [0.15, 0.2) is 30.3 Å². The largest absolute Gasteiger partial charge is 0.480 e. The topological polar surface area (TPSA) is 49.3 Å². The van der Waals surface area contributed by atoms with Crippen LogP contribution in [0, 0.1) is 5.92 Å². The first kappa shape index (κ1) is 16.4. The molecule has 21 heavy (non-hydrogen) atoms. The van der Waals surface area contributed by atoms with Gasteiger partial charge >= 0.3 is 5.97 Å². The Labute approximate surface area is 131 Å². The van der Waals surface area contributed by atoms with Gasteiger partial charge in [-0.1, -0.05) is 43.2 Å². The van der Waals surface area contributed by atoms with Gasteiger partial charge in [0.25, 0.3) is 0 Å². The smallest absolute Gasteiger partial charge is 0.328 e. The van der Waals surface area contributed by atoms with E-state index in [1.807, 2.05) is 42.1 Å². The van der Waals surface area contributed by atoms with Crippen molar-refractivity contribution in [3.05, 3.63) is 35.9 Å². The van der Waals surface area contributed by atoms with Crippen molar-refractivity contribution >= 4 is 17.7 Å². The molecule has 0 aliphatic heterocycles. The molecular formula is C17H25NO2S. The lowest BCUT2D eigenvalue weighted by Gasteiger charge is -2.29. The maximum absolute atomic E-state index is 11.8. The zero-order chi connectivity index (χ0) is 15.1. The molecule has 0 heterocycles. The lowest BCUT2D eigenvalue weighted by molar-refractivity contribution is -0.145. The lowest BCUT2D eigenvalue weighted by atomic mass is 9.87. The number of thioether (sulfide) groups is 1. The number of likely N-dealkylation sites (N-methyl/N-ethyl adjacent to an activating group) is 1. The zero-order valence-electron chi connectivity index (χ0n) is 12.7. The highest BCUT2D eigenvalue weighted by Crippen LogP contribution is 2.31. The summed E-state index contributed by atoms with van der Waals surface area (Å²) >= 11 is 1.90. The van der Waals surface area contributed by atoms with Gasteiger partial charge in [0.15, 0.2) is 0 Å². The Morgan fingerprint density at radius 3 is 2.57 bits per heavy atom. The SMILES string of the molecule is CNC(CCSCC1CCCC1)(C(=O)O)c1ccccc1. The molecule has 1 aromatic carbocycles. The van der Waals surface area contributed by atoms with Crippen LogP contribution in [0.1, 0.15) is 37.7 Å². The molecule has 116 valence electrons. The highest BCUT2D eigenvalue weighted by molar-refractivity contribution is 7.99. The van der Waals surface area contributed by atoms with Gasteiger partial charge in [-0.25, -0.2) is 4.79 Å². The molecule has 0 amide bonds. The van der Waals surface area contributed by atoms with E-state index < -0.39 is 11.5 Å². The molecule has 4 heteroatoms. The van der Waals surface area contributed by atoms with Gasteiger partial charge in [0, 0.05) is 0 Å². The molecule has 0 aromatic heterocycles. The summed E-state index contributed by atoms with van der Waals surface area (Å²) in [7, 11) is 1.74. The van der Waals surface area contributed by atoms with Gasteiger partial charge in [0.1, 0.15) is 5.54 Å². The van der Waals surface area contributed by atoms with Crippen molar-refractivity contribution in [3.63, 3.8) is 0 Å². The second kappa shape index (κ2) is 7.85. The fourth-order valence-corrected chi connectivity index (χ4v) is 4.41. The van der Waals surface area contributed by atoms with Crippen molar-refractivity contribution in [2.45, 2.75) is 37.6 Å². The van der Waals surface area contributed by atoms with E-state index >= 15 is 0 Å². The minimum Gasteiger partial charge on any atom is -0.480 e. The van der Waals surface area contributed by atoms with Crippen LogP contribution >= 0.6 is 11.8 Å². The van der Waals surface area contributed by atoms with Crippen molar-refractivity contribution in [3.8, 4) is 0 Å². The van der Waals surface area contributed by atoms with Crippen LogP contribution < -0.4 is 5.32 Å². The van der Waals surface area contributed by atoms with Crippen molar-refractivity contribution in [2.24, 2.45) is 5.92 Å². The summed E-state index contributed by atoms with van der Waals surface area (Å²) in [6.45, 7) is 0. The Kier molecular flexibility index (Phi) is 6.12. The Bertz CT molecular complexity index is 445. The van der Waals surface area contributed by atoms with E-state index in [-0.39, 0.29) is 0 Å². The molecule has 1 unspecified atom stereocenters. The van der Waals surface area contributed by atoms with E-state index in [0.717, 1.165) is 17.2 Å². The van der Waals surface area contributed by atoms with Crippen molar-refractivity contribution in [1.82, 2.24) is 5.32 Å². The first-order valence-corrected chi connectivity index (χ1v) is 8.90. The highest BCUT2D eigenvalue weighted by atomic mass is 32.2. The minimum absolute atomic E-state index is 0.611. The van der Waals surface area contributed by atoms with E-state index in [1.165, 1.54) is 31.4 Å². The van der Waals surface area contributed by atoms with Crippen molar-refractivity contribution in [1.29, 1.82) is 0 Å². The van der Waals surface area contributed by atoms with Crippen LogP contribution in [0.3, 0.4) is 0 Å². The predicted octanol–water partition coefficient (Wildman–Crippen LogP) is 3.50. The van der Waals surface area contributed by atoms with Crippen molar-refractivity contribution in [2.75, 3.05) is 18.6 Å². The van der Waals surface area contributed by atoms with Crippen LogP contribution in [0.4, 0.5) is 0 Å². The lowest BCUT2D eigenvalue weighted by Crippen LogP contribution is -2.47. The number of rotatable bonds is 8. The average Bonchev–Trinajstić information content (AvgIpc) is 3.01. The number of benzene rings is 1. The Balaban J connectivity index is 1.95. The molecule has 1 aliphatic carbocycles. The number of nitrogens with one attached hydrogen (secondary N) is 1. The maximum Gasteiger partial charge on any atom is 0.328 e. The summed E-state index contributed by atoms with van der Waals surface area (Å²) in [5.41, 5.74) is -0.134. The third kappa shape index (κ3) is 4.01. The third-order valence-electron chi connectivity index (χ3n) is 4.51. The molecule has 1 aromatic rings. The number of aliphatic carboxylic acids is 1. The van der Waals surface area contributed by atoms with E-state index in [9.17, 15) is 9.90 Å². The Morgan fingerprint density at radius 2 is 2.00 bits per heavy atom. The normalized spacial score (nSPS) is 18.5. The van der Waals surface area contributed by atoms with E-state index in [0.29, 0.717) is 6.42 Å². The molecule has 0 radical (unpaired) electrons. The van der Waals surface area contributed by atoms with Crippen LogP contribution in [-0.2, 0) is 10.3 Å². The van der Waals surface area contributed by atoms with Crippen LogP contribution in [0.2, 0.25) is 0 Å². The van der Waals surface area contributed by atoms with E-state index in [2.05, 4.69) is 5.32 Å². The Hall–Kier alpha value is -1.00. The summed E-state index contributed by atoms with van der Waals surface area (Å²) in [5, 5.41) is 12.8. The third-order valence-corrected chi connectivity index (χ3v) is 5.71. The Morgan fingerprint density at radius 1 is 1.33 bits per heavy atom. The van der Waals surface area contributed by atoms with E-state index in [1.54, 1.807) is 7.05 Å². The average molecular weight is 307 g/mol. The standard InChI is InChI=1S/C17H25NO2S/c1-18-17(16(19)20,15-9-3-2-4-10-15)11-12-21-13-14-7-5-6-8-14/h2-4,9-10,14,18H,5-8,11-13H2,1H3,(H,19,20). The van der Waals surface area contributed by atoms with Gasteiger partial charge in [-0.15, -0.1) is 0 Å². The second-order valence-electron chi connectivity index (χ2n) is 5.80. The van der Waals surface area contributed by atoms with E-state index in [4.69, 9.17) is 0 Å². The summed E-state index contributed by atoms with van der Waals surface area (Å²) in [6.07, 6.45) is 6.04. The fraction of sp³-hybridized carbons (Fsp3) is 0.588. The first-order valence-electron chi connectivity index (χ1n) is 7.74. The molecular weight excluding hydrogens is 282 g/mol. The number of carboxylic acid groups (broad SMARTS) is 1. The maximum atomic E-state index is 11.8. The zero-order valence-corrected chi connectivity index (χ0v) is 13.5. The summed E-state index contributed by atoms with van der Waals surface area (Å²) in [5.74, 6) is 2.10. The molecule has 1 fully saturated rings. The summed E-state index contributed by atoms with van der Waals surface area (Å²) in [4.78, 5) is 11.8. The second-order valence-corrected chi connectivity index (χ2v) is 6.95. The predicted molar refractivity (Wildman–Crippen MR) is 88.7 cm³/mol. The molecule has 2 rings (SSSR count). The molecule has 2 N–H and O–H groups in total. The summed E-state index contributed by atoms with van der Waals surface area (Å²) < 4.78 is 0. The number of hydrogen-bond donors (Lipinski definition) is 2. The van der Waals surface area contributed by atoms with Gasteiger partial charge < -0.3 is 10.4 Å². The molecule has 1 aliphatic rings. The van der Waals surface area contributed by atoms with Gasteiger partial charge in [-0.05, 0) is 49.3 Å². The molecule has 0 spiro atoms.